The van der Waals surface area contributed by atoms with Gasteiger partial charge >= 0.3 is 0 Å². The van der Waals surface area contributed by atoms with E-state index < -0.39 is 0 Å². The average Bonchev–Trinajstić information content (AvgIpc) is 3.16. The number of hydrogen-bond donors (Lipinski definition) is 1. The molecule has 1 aliphatic carbocycles. The molecule has 3 heterocycles. The Labute approximate surface area is 128 Å². The first-order valence-corrected chi connectivity index (χ1v) is 8.75. The molecule has 0 radical (unpaired) electrons. The number of nitrogens with one attached hydrogen (secondary N) is 1. The number of carbonyl (C=O) groups is 2. The number of hydrogen-bond acceptors (Lipinski definition) is 3. The van der Waals surface area contributed by atoms with Crippen LogP contribution < -0.4 is 5.32 Å². The SMILES string of the molecule is O=C(Cc1ccsc1)N1CC2CNC(=O)C23CCCCC13. The third-order valence-electron chi connectivity index (χ3n) is 5.62. The molecule has 1 saturated carbocycles. The van der Waals surface area contributed by atoms with Crippen LogP contribution in [-0.4, -0.2) is 35.8 Å². The van der Waals surface area contributed by atoms with Crippen molar-refractivity contribution in [1.82, 2.24) is 10.2 Å². The van der Waals surface area contributed by atoms with Gasteiger partial charge in [-0.05, 0) is 35.2 Å². The highest BCUT2D eigenvalue weighted by atomic mass is 32.1. The largest absolute Gasteiger partial charge is 0.355 e. The van der Waals surface area contributed by atoms with Crippen LogP contribution in [0.4, 0.5) is 0 Å². The smallest absolute Gasteiger partial charge is 0.228 e. The van der Waals surface area contributed by atoms with E-state index >= 15 is 0 Å². The zero-order valence-corrected chi connectivity index (χ0v) is 12.8. The molecule has 3 aliphatic rings. The van der Waals surface area contributed by atoms with Crippen LogP contribution in [0.15, 0.2) is 16.8 Å². The van der Waals surface area contributed by atoms with Crippen molar-refractivity contribution in [2.45, 2.75) is 38.1 Å². The minimum absolute atomic E-state index is 0.130. The van der Waals surface area contributed by atoms with Crippen LogP contribution in [0.25, 0.3) is 0 Å². The van der Waals surface area contributed by atoms with Gasteiger partial charge in [0.15, 0.2) is 0 Å². The number of nitrogens with zero attached hydrogens (tertiary/aromatic N) is 1. The molecule has 1 aromatic rings. The standard InChI is InChI=1S/C16H20N2O2S/c19-14(7-11-4-6-21-10-11)18-9-12-8-17-15(20)16(12)5-2-1-3-13(16)18/h4,6,10,12-13H,1-3,5,7-9H2,(H,17,20). The molecule has 1 N–H and O–H groups in total. The molecule has 112 valence electrons. The maximum atomic E-state index is 12.7. The van der Waals surface area contributed by atoms with E-state index in [2.05, 4.69) is 5.32 Å². The molecule has 1 spiro atoms. The molecular weight excluding hydrogens is 284 g/mol. The van der Waals surface area contributed by atoms with E-state index in [1.807, 2.05) is 21.7 Å². The third-order valence-corrected chi connectivity index (χ3v) is 6.35. The van der Waals surface area contributed by atoms with Crippen molar-refractivity contribution in [3.63, 3.8) is 0 Å². The zero-order valence-electron chi connectivity index (χ0n) is 12.0. The Morgan fingerprint density at radius 2 is 2.38 bits per heavy atom. The number of thiophene rings is 1. The molecule has 4 rings (SSSR count). The molecule has 0 aromatic carbocycles. The minimum atomic E-state index is -0.275. The van der Waals surface area contributed by atoms with Gasteiger partial charge in [0.05, 0.1) is 11.8 Å². The fourth-order valence-corrected chi connectivity index (χ4v) is 5.31. The fraction of sp³-hybridized carbons (Fsp3) is 0.625. The Kier molecular flexibility index (Phi) is 3.06. The van der Waals surface area contributed by atoms with Gasteiger partial charge in [-0.1, -0.05) is 12.8 Å². The summed E-state index contributed by atoms with van der Waals surface area (Å²) in [6.07, 6.45) is 4.67. The molecular formula is C16H20N2O2S. The van der Waals surface area contributed by atoms with Crippen LogP contribution in [-0.2, 0) is 16.0 Å². The molecule has 3 unspecified atom stereocenters. The number of carbonyl (C=O) groups excluding carboxylic acids is 2. The quantitative estimate of drug-likeness (QED) is 0.906. The van der Waals surface area contributed by atoms with Gasteiger partial charge in [-0.25, -0.2) is 0 Å². The lowest BCUT2D eigenvalue weighted by Gasteiger charge is -2.39. The van der Waals surface area contributed by atoms with E-state index in [0.717, 1.165) is 44.3 Å². The number of amides is 2. The molecule has 2 amide bonds. The molecule has 1 aromatic heterocycles. The van der Waals surface area contributed by atoms with E-state index in [-0.39, 0.29) is 23.3 Å². The van der Waals surface area contributed by atoms with Crippen LogP contribution >= 0.6 is 11.3 Å². The van der Waals surface area contributed by atoms with E-state index in [1.165, 1.54) is 0 Å². The first-order valence-electron chi connectivity index (χ1n) is 7.80. The van der Waals surface area contributed by atoms with Gasteiger partial charge < -0.3 is 10.2 Å². The monoisotopic (exact) mass is 304 g/mol. The van der Waals surface area contributed by atoms with Gasteiger partial charge in [-0.15, -0.1) is 0 Å². The lowest BCUT2D eigenvalue weighted by Crippen LogP contribution is -2.50. The van der Waals surface area contributed by atoms with Crippen molar-refractivity contribution in [3.8, 4) is 0 Å². The second-order valence-electron chi connectivity index (χ2n) is 6.56. The first-order chi connectivity index (χ1) is 10.2. The molecule has 0 bridgehead atoms. The summed E-state index contributed by atoms with van der Waals surface area (Å²) in [6, 6.07) is 2.15. The van der Waals surface area contributed by atoms with Crippen molar-refractivity contribution in [2.75, 3.05) is 13.1 Å². The lowest BCUT2D eigenvalue weighted by atomic mass is 9.67. The Morgan fingerprint density at radius 3 is 3.19 bits per heavy atom. The van der Waals surface area contributed by atoms with Crippen LogP contribution in [0, 0.1) is 11.3 Å². The van der Waals surface area contributed by atoms with Crippen LogP contribution in [0.2, 0.25) is 0 Å². The predicted molar refractivity (Wildman–Crippen MR) is 80.9 cm³/mol. The van der Waals surface area contributed by atoms with E-state index in [0.29, 0.717) is 12.3 Å². The van der Waals surface area contributed by atoms with Crippen molar-refractivity contribution in [1.29, 1.82) is 0 Å². The summed E-state index contributed by atoms with van der Waals surface area (Å²) in [5.74, 6) is 0.714. The van der Waals surface area contributed by atoms with Crippen LogP contribution in [0.3, 0.4) is 0 Å². The second-order valence-corrected chi connectivity index (χ2v) is 7.34. The Bertz CT molecular complexity index is 571. The molecule has 2 saturated heterocycles. The predicted octanol–water partition coefficient (Wildman–Crippen LogP) is 1.81. The molecule has 3 fully saturated rings. The molecule has 4 nitrogen and oxygen atoms in total. The highest BCUT2D eigenvalue weighted by molar-refractivity contribution is 7.08. The van der Waals surface area contributed by atoms with Crippen molar-refractivity contribution in [2.24, 2.45) is 11.3 Å². The molecule has 3 atom stereocenters. The van der Waals surface area contributed by atoms with Gasteiger partial charge in [0.25, 0.3) is 0 Å². The topological polar surface area (TPSA) is 49.4 Å². The molecule has 5 heteroatoms. The third kappa shape index (κ3) is 1.86. The van der Waals surface area contributed by atoms with Crippen molar-refractivity contribution < 1.29 is 9.59 Å². The fourth-order valence-electron chi connectivity index (χ4n) is 4.64. The van der Waals surface area contributed by atoms with Gasteiger partial charge in [-0.3, -0.25) is 9.59 Å². The van der Waals surface area contributed by atoms with Crippen LogP contribution in [0.5, 0.6) is 0 Å². The summed E-state index contributed by atoms with van der Waals surface area (Å²) in [7, 11) is 0. The summed E-state index contributed by atoms with van der Waals surface area (Å²) in [6.45, 7) is 1.50. The number of rotatable bonds is 2. The van der Waals surface area contributed by atoms with E-state index in [9.17, 15) is 9.59 Å². The van der Waals surface area contributed by atoms with Gasteiger partial charge in [0.1, 0.15) is 0 Å². The zero-order chi connectivity index (χ0) is 14.4. The summed E-state index contributed by atoms with van der Waals surface area (Å²) in [5.41, 5.74) is 0.819. The van der Waals surface area contributed by atoms with Crippen molar-refractivity contribution in [3.05, 3.63) is 22.4 Å². The highest BCUT2D eigenvalue weighted by Gasteiger charge is 2.62. The summed E-state index contributed by atoms with van der Waals surface area (Å²) >= 11 is 1.63. The van der Waals surface area contributed by atoms with Gasteiger partial charge in [0, 0.05) is 25.0 Å². The molecule has 2 aliphatic heterocycles. The number of likely N-dealkylation sites (tertiary alicyclic amines) is 1. The van der Waals surface area contributed by atoms with Crippen molar-refractivity contribution >= 4 is 23.2 Å². The van der Waals surface area contributed by atoms with Gasteiger partial charge in [-0.2, -0.15) is 11.3 Å². The Balaban J connectivity index is 1.60. The average molecular weight is 304 g/mol. The van der Waals surface area contributed by atoms with Crippen LogP contribution in [0.1, 0.15) is 31.2 Å². The van der Waals surface area contributed by atoms with Gasteiger partial charge in [0.2, 0.25) is 11.8 Å². The normalized spacial score (nSPS) is 34.5. The Hall–Kier alpha value is -1.36. The maximum absolute atomic E-state index is 12.7. The second kappa shape index (κ2) is 4.83. The maximum Gasteiger partial charge on any atom is 0.228 e. The lowest BCUT2D eigenvalue weighted by molar-refractivity contribution is -0.137. The first kappa shape index (κ1) is 13.3. The van der Waals surface area contributed by atoms with E-state index in [1.54, 1.807) is 11.3 Å². The summed E-state index contributed by atoms with van der Waals surface area (Å²) in [5, 5.41) is 7.09. The van der Waals surface area contributed by atoms with E-state index in [4.69, 9.17) is 0 Å². The molecule has 21 heavy (non-hydrogen) atoms. The Morgan fingerprint density at radius 1 is 1.48 bits per heavy atom. The summed E-state index contributed by atoms with van der Waals surface area (Å²) in [4.78, 5) is 27.2. The highest BCUT2D eigenvalue weighted by Crippen LogP contribution is 2.52. The summed E-state index contributed by atoms with van der Waals surface area (Å²) < 4.78 is 0. The minimum Gasteiger partial charge on any atom is -0.355 e.